The molecule has 0 saturated heterocycles. The first kappa shape index (κ1) is 44.9. The van der Waals surface area contributed by atoms with Gasteiger partial charge in [-0.2, -0.15) is 0 Å². The zero-order valence-corrected chi connectivity index (χ0v) is 33.2. The standard InChI is InChI=1S/C42H53N7O9/c1-31-13-15-45-39(26-31)44-14-5-8-40(50)46-30-41(51)48-38(29-42(52)53-2)33-11-9-32(10-12-33)37-28-35(27-34-6-3-4-7-36(34)37)58-25-24-57-23-22-56-21-20-55-19-18-54-17-16-47-49-43/h3-4,6-7,9-13,15,26-28,38H,5,8,14,16-25,29-30H2,1-2H3,(H,44,45)(H,46,50)(H,48,51)/t38-/m0/s1. The summed E-state index contributed by atoms with van der Waals surface area (Å²) in [5.74, 6) is 0.278. The van der Waals surface area contributed by atoms with E-state index in [2.05, 4.69) is 31.0 Å². The number of anilines is 1. The largest absolute Gasteiger partial charge is 0.491 e. The third-order valence-corrected chi connectivity index (χ3v) is 8.65. The summed E-state index contributed by atoms with van der Waals surface area (Å²) in [7, 11) is 1.30. The molecule has 16 heteroatoms. The van der Waals surface area contributed by atoms with Gasteiger partial charge in [0.1, 0.15) is 18.2 Å². The van der Waals surface area contributed by atoms with Gasteiger partial charge < -0.3 is 44.4 Å². The Balaban J connectivity index is 1.23. The fourth-order valence-electron chi connectivity index (χ4n) is 5.74. The first-order valence-electron chi connectivity index (χ1n) is 19.2. The van der Waals surface area contributed by atoms with Crippen LogP contribution in [0.3, 0.4) is 0 Å². The van der Waals surface area contributed by atoms with E-state index in [9.17, 15) is 14.4 Å². The Bertz CT molecular complexity index is 1920. The summed E-state index contributed by atoms with van der Waals surface area (Å²) in [6.07, 6.45) is 2.45. The molecule has 0 aliphatic rings. The molecule has 1 heterocycles. The number of aromatic nitrogens is 1. The third-order valence-electron chi connectivity index (χ3n) is 8.65. The lowest BCUT2D eigenvalue weighted by molar-refractivity contribution is -0.141. The molecule has 0 saturated carbocycles. The molecule has 310 valence electrons. The molecule has 2 amide bonds. The molecular weight excluding hydrogens is 747 g/mol. The average Bonchev–Trinajstić information content (AvgIpc) is 3.23. The highest BCUT2D eigenvalue weighted by molar-refractivity contribution is 5.98. The van der Waals surface area contributed by atoms with E-state index < -0.39 is 17.9 Å². The van der Waals surface area contributed by atoms with Crippen LogP contribution in [0.5, 0.6) is 5.75 Å². The normalized spacial score (nSPS) is 11.3. The summed E-state index contributed by atoms with van der Waals surface area (Å²) in [6, 6.07) is 22.8. The highest BCUT2D eigenvalue weighted by Gasteiger charge is 2.20. The van der Waals surface area contributed by atoms with Gasteiger partial charge in [-0.05, 0) is 76.2 Å². The molecule has 0 aliphatic heterocycles. The first-order chi connectivity index (χ1) is 28.4. The Kier molecular flexibility index (Phi) is 20.3. The van der Waals surface area contributed by atoms with Crippen LogP contribution in [-0.2, 0) is 38.1 Å². The lowest BCUT2D eigenvalue weighted by Gasteiger charge is -2.19. The summed E-state index contributed by atoms with van der Waals surface area (Å²) < 4.78 is 32.9. The molecule has 0 spiro atoms. The maximum atomic E-state index is 12.9. The molecule has 16 nitrogen and oxygen atoms in total. The molecular formula is C42H53N7O9. The number of esters is 1. The molecule has 1 aromatic heterocycles. The van der Waals surface area contributed by atoms with Crippen LogP contribution < -0.4 is 20.7 Å². The van der Waals surface area contributed by atoms with Gasteiger partial charge in [-0.1, -0.05) is 53.6 Å². The van der Waals surface area contributed by atoms with Gasteiger partial charge in [-0.3, -0.25) is 14.4 Å². The van der Waals surface area contributed by atoms with Crippen molar-refractivity contribution in [2.45, 2.75) is 32.2 Å². The Morgan fingerprint density at radius 3 is 2.21 bits per heavy atom. The highest BCUT2D eigenvalue weighted by atomic mass is 16.6. The molecule has 4 rings (SSSR count). The van der Waals surface area contributed by atoms with Gasteiger partial charge in [-0.15, -0.1) is 0 Å². The Hall–Kier alpha value is -5.77. The van der Waals surface area contributed by atoms with Crippen LogP contribution in [0.1, 0.15) is 36.4 Å². The van der Waals surface area contributed by atoms with Crippen molar-refractivity contribution in [1.29, 1.82) is 0 Å². The number of hydrogen-bond acceptors (Lipinski definition) is 12. The number of benzene rings is 3. The molecule has 58 heavy (non-hydrogen) atoms. The van der Waals surface area contributed by atoms with E-state index in [1.807, 2.05) is 79.7 Å². The molecule has 1 atom stereocenters. The van der Waals surface area contributed by atoms with Gasteiger partial charge in [0.25, 0.3) is 0 Å². The quantitative estimate of drug-likeness (QED) is 0.0209. The van der Waals surface area contributed by atoms with Crippen molar-refractivity contribution < 1.29 is 42.8 Å². The van der Waals surface area contributed by atoms with Gasteiger partial charge in [0.2, 0.25) is 11.8 Å². The Morgan fingerprint density at radius 1 is 0.828 bits per heavy atom. The second kappa shape index (κ2) is 26.2. The number of fused-ring (bicyclic) bond motifs is 1. The molecule has 4 aromatic rings. The van der Waals surface area contributed by atoms with E-state index >= 15 is 0 Å². The van der Waals surface area contributed by atoms with Crippen LogP contribution >= 0.6 is 0 Å². The minimum atomic E-state index is -0.671. The number of nitrogens with zero attached hydrogens (tertiary/aromatic N) is 4. The van der Waals surface area contributed by atoms with E-state index in [0.717, 1.165) is 33.3 Å². The second-order valence-electron chi connectivity index (χ2n) is 13.0. The molecule has 0 aliphatic carbocycles. The second-order valence-corrected chi connectivity index (χ2v) is 13.0. The average molecular weight is 800 g/mol. The van der Waals surface area contributed by atoms with Crippen LogP contribution in [0.2, 0.25) is 0 Å². The Labute approximate surface area is 338 Å². The minimum absolute atomic E-state index is 0.0813. The topological polar surface area (TPSA) is 204 Å². The predicted octanol–water partition coefficient (Wildman–Crippen LogP) is 5.69. The molecule has 0 bridgehead atoms. The zero-order valence-electron chi connectivity index (χ0n) is 33.2. The smallest absolute Gasteiger partial charge is 0.307 e. The molecule has 0 radical (unpaired) electrons. The Morgan fingerprint density at radius 2 is 1.52 bits per heavy atom. The van der Waals surface area contributed by atoms with Crippen LogP contribution in [-0.4, -0.2) is 109 Å². The number of ether oxygens (including phenoxy) is 6. The van der Waals surface area contributed by atoms with Gasteiger partial charge in [0.05, 0.1) is 79.0 Å². The van der Waals surface area contributed by atoms with Crippen LogP contribution in [0, 0.1) is 6.92 Å². The lowest BCUT2D eigenvalue weighted by Crippen LogP contribution is -2.39. The summed E-state index contributed by atoms with van der Waals surface area (Å²) in [4.78, 5) is 44.6. The van der Waals surface area contributed by atoms with Crippen molar-refractivity contribution in [2.75, 3.05) is 91.5 Å². The van der Waals surface area contributed by atoms with E-state index in [4.69, 9.17) is 34.0 Å². The molecule has 3 aromatic carbocycles. The van der Waals surface area contributed by atoms with Gasteiger partial charge in [0.15, 0.2) is 0 Å². The number of azide groups is 1. The number of rotatable bonds is 28. The van der Waals surface area contributed by atoms with Crippen LogP contribution in [0.15, 0.2) is 84.1 Å². The number of methoxy groups -OCH3 is 1. The number of carbonyl (C=O) groups is 3. The van der Waals surface area contributed by atoms with Crippen molar-refractivity contribution in [1.82, 2.24) is 15.6 Å². The number of pyridine rings is 1. The third kappa shape index (κ3) is 16.8. The van der Waals surface area contributed by atoms with Gasteiger partial charge >= 0.3 is 5.97 Å². The maximum Gasteiger partial charge on any atom is 0.307 e. The maximum absolute atomic E-state index is 12.9. The fraction of sp³-hybridized carbons (Fsp3) is 0.429. The molecule has 0 unspecified atom stereocenters. The SMILES string of the molecule is COC(=O)C[C@H](NC(=O)CNC(=O)CCCNc1cc(C)ccn1)c1ccc(-c2cc(OCCOCCOCCOCCOCCN=[N+]=[N-])cc3ccccc23)cc1. The van der Waals surface area contributed by atoms with Gasteiger partial charge in [-0.25, -0.2) is 4.98 Å². The van der Waals surface area contributed by atoms with E-state index in [1.54, 1.807) is 6.20 Å². The highest BCUT2D eigenvalue weighted by Crippen LogP contribution is 2.34. The predicted molar refractivity (Wildman–Crippen MR) is 219 cm³/mol. The monoisotopic (exact) mass is 799 g/mol. The van der Waals surface area contributed by atoms with E-state index in [1.165, 1.54) is 7.11 Å². The summed E-state index contributed by atoms with van der Waals surface area (Å²) in [6.45, 7) is 6.29. The number of carbonyl (C=O) groups excluding carboxylic acids is 3. The van der Waals surface area contributed by atoms with Crippen molar-refractivity contribution in [3.8, 4) is 16.9 Å². The minimum Gasteiger partial charge on any atom is -0.491 e. The first-order valence-corrected chi connectivity index (χ1v) is 19.2. The number of hydrogen-bond donors (Lipinski definition) is 3. The van der Waals surface area contributed by atoms with Crippen molar-refractivity contribution in [3.63, 3.8) is 0 Å². The molecule has 3 N–H and O–H groups in total. The summed E-state index contributed by atoms with van der Waals surface area (Å²) in [5.41, 5.74) is 11.9. The number of aryl methyl sites for hydroxylation is 1. The molecule has 0 fully saturated rings. The zero-order chi connectivity index (χ0) is 41.2. The van der Waals surface area contributed by atoms with Crippen molar-refractivity contribution >= 4 is 34.4 Å². The van der Waals surface area contributed by atoms with E-state index in [0.29, 0.717) is 90.3 Å². The van der Waals surface area contributed by atoms with Crippen LogP contribution in [0.25, 0.3) is 32.3 Å². The van der Waals surface area contributed by atoms with E-state index in [-0.39, 0.29) is 25.3 Å². The summed E-state index contributed by atoms with van der Waals surface area (Å²) in [5, 5.41) is 14.2. The van der Waals surface area contributed by atoms with Gasteiger partial charge in [0, 0.05) is 30.6 Å². The number of nitrogens with one attached hydrogen (secondary N) is 3. The van der Waals surface area contributed by atoms with Crippen molar-refractivity contribution in [2.24, 2.45) is 5.11 Å². The summed E-state index contributed by atoms with van der Waals surface area (Å²) >= 11 is 0. The number of amides is 2. The van der Waals surface area contributed by atoms with Crippen LogP contribution in [0.4, 0.5) is 5.82 Å². The fourth-order valence-corrected chi connectivity index (χ4v) is 5.74. The lowest BCUT2D eigenvalue weighted by atomic mass is 9.95. The van der Waals surface area contributed by atoms with Crippen molar-refractivity contribution in [3.05, 3.63) is 101 Å².